The molecule has 226 valence electrons. The van der Waals surface area contributed by atoms with Crippen LogP contribution in [0.5, 0.6) is 11.5 Å². The van der Waals surface area contributed by atoms with Gasteiger partial charge in [-0.1, -0.05) is 50.2 Å². The largest absolute Gasteiger partial charge is 0.497 e. The predicted molar refractivity (Wildman–Crippen MR) is 164 cm³/mol. The van der Waals surface area contributed by atoms with Gasteiger partial charge in [0.25, 0.3) is 10.0 Å². The standard InChI is InChI=1S/C32H41N3O6S/c1-7-24(4)33-32(37)28(8-2)34(21-25-15-17-26(40-5)18-16-25)31(36)22-35(29-20-23(3)14-19-30(29)41-6)42(38,39)27-12-10-9-11-13-27/h9-20,24,28H,7-8,21-22H2,1-6H3,(H,33,37)/t24-,28-/m1/s1. The van der Waals surface area contributed by atoms with Crippen molar-refractivity contribution in [1.29, 1.82) is 0 Å². The molecule has 0 fully saturated rings. The number of hydrogen-bond acceptors (Lipinski definition) is 6. The van der Waals surface area contributed by atoms with E-state index in [1.165, 1.54) is 24.1 Å². The molecule has 42 heavy (non-hydrogen) atoms. The Kier molecular flexibility index (Phi) is 11.4. The lowest BCUT2D eigenvalue weighted by Crippen LogP contribution is -2.53. The molecular weight excluding hydrogens is 554 g/mol. The molecule has 0 saturated heterocycles. The number of nitrogens with zero attached hydrogens (tertiary/aromatic N) is 2. The van der Waals surface area contributed by atoms with Crippen LogP contribution in [0.15, 0.2) is 77.7 Å². The van der Waals surface area contributed by atoms with Crippen molar-refractivity contribution in [3.05, 3.63) is 83.9 Å². The smallest absolute Gasteiger partial charge is 0.264 e. The quantitative estimate of drug-likeness (QED) is 0.283. The average Bonchev–Trinajstić information content (AvgIpc) is 3.00. The maximum Gasteiger partial charge on any atom is 0.264 e. The lowest BCUT2D eigenvalue weighted by atomic mass is 10.1. The molecule has 10 heteroatoms. The molecule has 0 spiro atoms. The van der Waals surface area contributed by atoms with E-state index in [9.17, 15) is 18.0 Å². The van der Waals surface area contributed by atoms with Crippen molar-refractivity contribution < 1.29 is 27.5 Å². The Morgan fingerprint density at radius 2 is 1.57 bits per heavy atom. The zero-order valence-corrected chi connectivity index (χ0v) is 26.0. The molecule has 0 radical (unpaired) electrons. The van der Waals surface area contributed by atoms with Crippen LogP contribution in [0.4, 0.5) is 5.69 Å². The Hall–Kier alpha value is -4.05. The van der Waals surface area contributed by atoms with Crippen LogP contribution in [0.2, 0.25) is 0 Å². The third-order valence-corrected chi connectivity index (χ3v) is 8.89. The van der Waals surface area contributed by atoms with Gasteiger partial charge in [-0.25, -0.2) is 8.42 Å². The van der Waals surface area contributed by atoms with Gasteiger partial charge in [0.15, 0.2) is 0 Å². The number of carbonyl (C=O) groups excluding carboxylic acids is 2. The number of hydrogen-bond donors (Lipinski definition) is 1. The van der Waals surface area contributed by atoms with E-state index in [0.717, 1.165) is 21.9 Å². The van der Waals surface area contributed by atoms with Crippen LogP contribution in [0.25, 0.3) is 0 Å². The number of aryl methyl sites for hydroxylation is 1. The molecule has 3 aromatic carbocycles. The van der Waals surface area contributed by atoms with Crippen molar-refractivity contribution in [3.63, 3.8) is 0 Å². The van der Waals surface area contributed by atoms with E-state index in [1.54, 1.807) is 55.6 Å². The second-order valence-corrected chi connectivity index (χ2v) is 12.0. The first-order chi connectivity index (χ1) is 20.0. The van der Waals surface area contributed by atoms with Crippen LogP contribution >= 0.6 is 0 Å². The van der Waals surface area contributed by atoms with Crippen molar-refractivity contribution in [2.75, 3.05) is 25.1 Å². The van der Waals surface area contributed by atoms with Gasteiger partial charge in [-0.15, -0.1) is 0 Å². The molecule has 2 atom stereocenters. The molecule has 0 aliphatic carbocycles. The minimum atomic E-state index is -4.20. The minimum absolute atomic E-state index is 0.0321. The van der Waals surface area contributed by atoms with Gasteiger partial charge in [0.1, 0.15) is 24.1 Å². The molecular formula is C32H41N3O6S. The molecule has 3 aromatic rings. The van der Waals surface area contributed by atoms with Crippen molar-refractivity contribution in [3.8, 4) is 11.5 Å². The highest BCUT2D eigenvalue weighted by Crippen LogP contribution is 2.34. The Balaban J connectivity index is 2.11. The summed E-state index contributed by atoms with van der Waals surface area (Å²) in [6.45, 7) is 7.09. The molecule has 0 unspecified atom stereocenters. The van der Waals surface area contributed by atoms with Crippen LogP contribution < -0.4 is 19.1 Å². The number of sulfonamides is 1. The summed E-state index contributed by atoms with van der Waals surface area (Å²) >= 11 is 0. The van der Waals surface area contributed by atoms with Crippen LogP contribution in [-0.2, 0) is 26.2 Å². The van der Waals surface area contributed by atoms with E-state index in [4.69, 9.17) is 9.47 Å². The van der Waals surface area contributed by atoms with Crippen molar-refractivity contribution in [2.45, 2.75) is 64.1 Å². The van der Waals surface area contributed by atoms with E-state index < -0.39 is 28.5 Å². The fourth-order valence-corrected chi connectivity index (χ4v) is 5.95. The molecule has 0 aliphatic rings. The molecule has 0 aliphatic heterocycles. The average molecular weight is 596 g/mol. The van der Waals surface area contributed by atoms with Crippen LogP contribution in [-0.4, -0.2) is 58.0 Å². The number of anilines is 1. The van der Waals surface area contributed by atoms with Crippen LogP contribution in [0, 0.1) is 6.92 Å². The number of carbonyl (C=O) groups is 2. The Labute approximate surface area is 249 Å². The van der Waals surface area contributed by atoms with Gasteiger partial charge in [-0.2, -0.15) is 0 Å². The molecule has 0 heterocycles. The summed E-state index contributed by atoms with van der Waals surface area (Å²) in [6.07, 6.45) is 1.06. The van der Waals surface area contributed by atoms with Crippen LogP contribution in [0.3, 0.4) is 0 Å². The lowest BCUT2D eigenvalue weighted by molar-refractivity contribution is -0.140. The van der Waals surface area contributed by atoms with Crippen molar-refractivity contribution >= 4 is 27.5 Å². The summed E-state index contributed by atoms with van der Waals surface area (Å²) in [6, 6.07) is 19.4. The van der Waals surface area contributed by atoms with Gasteiger partial charge < -0.3 is 19.7 Å². The fourth-order valence-electron chi connectivity index (χ4n) is 4.52. The van der Waals surface area contributed by atoms with E-state index in [1.807, 2.05) is 39.8 Å². The minimum Gasteiger partial charge on any atom is -0.497 e. The van der Waals surface area contributed by atoms with Gasteiger partial charge in [-0.3, -0.25) is 13.9 Å². The summed E-state index contributed by atoms with van der Waals surface area (Å²) < 4.78 is 40.0. The number of rotatable bonds is 14. The second kappa shape index (κ2) is 14.7. The van der Waals surface area contributed by atoms with Gasteiger partial charge in [0, 0.05) is 12.6 Å². The molecule has 9 nitrogen and oxygen atoms in total. The summed E-state index contributed by atoms with van der Waals surface area (Å²) in [5.74, 6) is 0.139. The molecule has 2 amide bonds. The van der Waals surface area contributed by atoms with Gasteiger partial charge in [0.05, 0.1) is 24.8 Å². The zero-order chi connectivity index (χ0) is 30.9. The zero-order valence-electron chi connectivity index (χ0n) is 25.2. The first-order valence-electron chi connectivity index (χ1n) is 14.0. The number of amides is 2. The Bertz CT molecular complexity index is 1440. The topological polar surface area (TPSA) is 105 Å². The Morgan fingerprint density at radius 3 is 2.14 bits per heavy atom. The lowest BCUT2D eigenvalue weighted by Gasteiger charge is -2.34. The van der Waals surface area contributed by atoms with Gasteiger partial charge in [-0.05, 0) is 74.2 Å². The third kappa shape index (κ3) is 7.82. The summed E-state index contributed by atoms with van der Waals surface area (Å²) in [5.41, 5.74) is 1.79. The van der Waals surface area contributed by atoms with E-state index in [-0.39, 0.29) is 29.1 Å². The molecule has 0 bridgehead atoms. The summed E-state index contributed by atoms with van der Waals surface area (Å²) in [7, 11) is -1.18. The van der Waals surface area contributed by atoms with Crippen molar-refractivity contribution in [1.82, 2.24) is 10.2 Å². The maximum absolute atomic E-state index is 14.3. The van der Waals surface area contributed by atoms with E-state index >= 15 is 0 Å². The monoisotopic (exact) mass is 595 g/mol. The number of ether oxygens (including phenoxy) is 2. The van der Waals surface area contributed by atoms with Crippen molar-refractivity contribution in [2.24, 2.45) is 0 Å². The van der Waals surface area contributed by atoms with E-state index in [0.29, 0.717) is 17.9 Å². The summed E-state index contributed by atoms with van der Waals surface area (Å²) in [5, 5.41) is 2.98. The third-order valence-electron chi connectivity index (χ3n) is 7.11. The molecule has 1 N–H and O–H groups in total. The number of benzene rings is 3. The summed E-state index contributed by atoms with van der Waals surface area (Å²) in [4.78, 5) is 29.2. The first kappa shape index (κ1) is 32.5. The van der Waals surface area contributed by atoms with Gasteiger partial charge >= 0.3 is 0 Å². The highest BCUT2D eigenvalue weighted by molar-refractivity contribution is 7.92. The van der Waals surface area contributed by atoms with E-state index in [2.05, 4.69) is 5.32 Å². The van der Waals surface area contributed by atoms with Gasteiger partial charge in [0.2, 0.25) is 11.8 Å². The molecule has 3 rings (SSSR count). The highest BCUT2D eigenvalue weighted by Gasteiger charge is 2.35. The number of nitrogens with one attached hydrogen (secondary N) is 1. The fraction of sp³-hybridized carbons (Fsp3) is 0.375. The van der Waals surface area contributed by atoms with Crippen LogP contribution in [0.1, 0.15) is 44.7 Å². The molecule has 0 aromatic heterocycles. The predicted octanol–water partition coefficient (Wildman–Crippen LogP) is 4.93. The molecule has 0 saturated carbocycles. The number of methoxy groups -OCH3 is 2. The Morgan fingerprint density at radius 1 is 0.905 bits per heavy atom. The maximum atomic E-state index is 14.3. The second-order valence-electron chi connectivity index (χ2n) is 10.1. The highest BCUT2D eigenvalue weighted by atomic mass is 32.2. The normalized spacial score (nSPS) is 12.6. The SMILES string of the molecule is CC[C@@H](C)NC(=O)[C@@H](CC)N(Cc1ccc(OC)cc1)C(=O)CN(c1cc(C)ccc1OC)S(=O)(=O)c1ccccc1. The first-order valence-corrected chi connectivity index (χ1v) is 15.4.